The van der Waals surface area contributed by atoms with Gasteiger partial charge in [0, 0.05) is 12.5 Å². The van der Waals surface area contributed by atoms with Gasteiger partial charge in [-0.15, -0.1) is 5.73 Å². The summed E-state index contributed by atoms with van der Waals surface area (Å²) >= 11 is 0. The van der Waals surface area contributed by atoms with Crippen LogP contribution in [0, 0.1) is 0 Å². The lowest BCUT2D eigenvalue weighted by Gasteiger charge is -2.31. The van der Waals surface area contributed by atoms with Gasteiger partial charge in [0.05, 0.1) is 0 Å². The lowest BCUT2D eigenvalue weighted by Crippen LogP contribution is -2.38. The normalized spacial score (nSPS) is 20.3. The van der Waals surface area contributed by atoms with Gasteiger partial charge in [0.1, 0.15) is 6.29 Å². The average Bonchev–Trinajstić information content (AvgIpc) is 2.19. The highest BCUT2D eigenvalue weighted by molar-refractivity contribution is 5.51. The summed E-state index contributed by atoms with van der Waals surface area (Å²) in [5, 5.41) is 0. The van der Waals surface area contributed by atoms with Crippen molar-refractivity contribution in [3.05, 3.63) is 18.4 Å². The Balaban J connectivity index is 2.50. The molecule has 0 saturated carbocycles. The molecule has 0 aromatic rings. The monoisotopic (exact) mass is 179 g/mol. The number of hydrogen-bond acceptors (Lipinski definition) is 2. The van der Waals surface area contributed by atoms with Crippen LogP contribution in [0.25, 0.3) is 0 Å². The molecule has 0 aromatic heterocycles. The molecule has 0 radical (unpaired) electrons. The zero-order valence-electron chi connectivity index (χ0n) is 8.04. The molecule has 0 aliphatic carbocycles. The Morgan fingerprint density at radius 1 is 1.38 bits per heavy atom. The van der Waals surface area contributed by atoms with E-state index in [9.17, 15) is 4.79 Å². The average molecular weight is 179 g/mol. The van der Waals surface area contributed by atoms with Crippen LogP contribution in [0.5, 0.6) is 0 Å². The summed E-state index contributed by atoms with van der Waals surface area (Å²) in [5.74, 6) is 0. The molecular formula is C11H17NO. The smallest absolute Gasteiger partial charge is 0.121 e. The van der Waals surface area contributed by atoms with E-state index in [1.807, 2.05) is 6.08 Å². The molecule has 2 nitrogen and oxygen atoms in total. The highest BCUT2D eigenvalue weighted by Gasteiger charge is 2.17. The minimum absolute atomic E-state index is 0.232. The minimum atomic E-state index is 0.232. The van der Waals surface area contributed by atoms with Crippen molar-refractivity contribution in [2.75, 3.05) is 13.1 Å². The van der Waals surface area contributed by atoms with Gasteiger partial charge in [-0.05, 0) is 32.0 Å². The molecule has 0 N–H and O–H groups in total. The lowest BCUT2D eigenvalue weighted by molar-refractivity contribution is -0.108. The fourth-order valence-corrected chi connectivity index (χ4v) is 1.81. The Kier molecular flexibility index (Phi) is 4.52. The van der Waals surface area contributed by atoms with Gasteiger partial charge in [-0.1, -0.05) is 13.0 Å². The fraction of sp³-hybridized carbons (Fsp3) is 0.636. The molecule has 0 spiro atoms. The molecule has 1 heterocycles. The molecule has 2 heteroatoms. The Bertz CT molecular complexity index is 200. The van der Waals surface area contributed by atoms with Crippen molar-refractivity contribution >= 4 is 6.29 Å². The van der Waals surface area contributed by atoms with Crippen LogP contribution in [-0.2, 0) is 4.79 Å². The van der Waals surface area contributed by atoms with Crippen LogP contribution in [0.4, 0.5) is 0 Å². The largest absolute Gasteiger partial charge is 0.303 e. The van der Waals surface area contributed by atoms with Crippen molar-refractivity contribution in [3.8, 4) is 0 Å². The molecule has 1 aliphatic heterocycles. The highest BCUT2D eigenvalue weighted by Crippen LogP contribution is 2.14. The van der Waals surface area contributed by atoms with E-state index in [0.29, 0.717) is 6.42 Å². The third-order valence-corrected chi connectivity index (χ3v) is 2.51. The summed E-state index contributed by atoms with van der Waals surface area (Å²) in [6, 6.07) is 0.232. The van der Waals surface area contributed by atoms with E-state index in [1.54, 1.807) is 0 Å². The minimum Gasteiger partial charge on any atom is -0.303 e. The Hall–Kier alpha value is -0.850. The first-order valence-electron chi connectivity index (χ1n) is 4.92. The third kappa shape index (κ3) is 3.17. The molecule has 72 valence electrons. The van der Waals surface area contributed by atoms with Gasteiger partial charge in [-0.3, -0.25) is 4.90 Å². The summed E-state index contributed by atoms with van der Waals surface area (Å²) in [6.45, 7) is 5.77. The van der Waals surface area contributed by atoms with E-state index in [0.717, 1.165) is 19.4 Å². The summed E-state index contributed by atoms with van der Waals surface area (Å²) in [5.41, 5.74) is 2.77. The predicted octanol–water partition coefficient (Wildman–Crippen LogP) is 1.77. The van der Waals surface area contributed by atoms with Crippen molar-refractivity contribution in [1.82, 2.24) is 4.90 Å². The Labute approximate surface area is 79.9 Å². The second kappa shape index (κ2) is 5.74. The molecule has 1 unspecified atom stereocenters. The van der Waals surface area contributed by atoms with E-state index < -0.39 is 0 Å². The molecule has 0 amide bonds. The zero-order valence-corrected chi connectivity index (χ0v) is 8.04. The topological polar surface area (TPSA) is 20.3 Å². The molecule has 1 rings (SSSR count). The van der Waals surface area contributed by atoms with Crippen LogP contribution in [0.1, 0.15) is 25.7 Å². The number of hydrogen-bond donors (Lipinski definition) is 0. The maximum Gasteiger partial charge on any atom is 0.121 e. The van der Waals surface area contributed by atoms with Gasteiger partial charge in [0.2, 0.25) is 0 Å². The standard InChI is InChI=1S/C11H17NO/c1-2-6-11(7-10-13)12-8-4-3-5-9-12/h6,10-11H,1,3-5,7-9H2. The van der Waals surface area contributed by atoms with Crippen molar-refractivity contribution in [2.24, 2.45) is 0 Å². The van der Waals surface area contributed by atoms with Crippen molar-refractivity contribution in [1.29, 1.82) is 0 Å². The van der Waals surface area contributed by atoms with Crippen LogP contribution in [0.2, 0.25) is 0 Å². The van der Waals surface area contributed by atoms with Gasteiger partial charge in [0.15, 0.2) is 0 Å². The lowest BCUT2D eigenvalue weighted by atomic mass is 10.1. The second-order valence-electron chi connectivity index (χ2n) is 3.44. The van der Waals surface area contributed by atoms with Crippen molar-refractivity contribution in [3.63, 3.8) is 0 Å². The molecule has 0 bridgehead atoms. The number of carbonyl (C=O) groups excluding carboxylic acids is 1. The zero-order chi connectivity index (χ0) is 9.52. The van der Waals surface area contributed by atoms with Gasteiger partial charge in [0.25, 0.3) is 0 Å². The van der Waals surface area contributed by atoms with Crippen LogP contribution in [-0.4, -0.2) is 30.3 Å². The SMILES string of the molecule is C=C=CC(CC=O)N1CCCCC1. The number of carbonyl (C=O) groups is 1. The Morgan fingerprint density at radius 2 is 2.08 bits per heavy atom. The third-order valence-electron chi connectivity index (χ3n) is 2.51. The van der Waals surface area contributed by atoms with Gasteiger partial charge < -0.3 is 4.79 Å². The first-order valence-corrected chi connectivity index (χ1v) is 4.92. The number of aldehydes is 1. The van der Waals surface area contributed by atoms with Crippen molar-refractivity contribution < 1.29 is 4.79 Å². The molecule has 13 heavy (non-hydrogen) atoms. The van der Waals surface area contributed by atoms with Gasteiger partial charge in [-0.2, -0.15) is 0 Å². The van der Waals surface area contributed by atoms with Crippen LogP contribution in [0.15, 0.2) is 18.4 Å². The molecule has 0 aromatic carbocycles. The van der Waals surface area contributed by atoms with E-state index in [1.165, 1.54) is 19.3 Å². The maximum absolute atomic E-state index is 10.4. The van der Waals surface area contributed by atoms with Crippen LogP contribution in [0.3, 0.4) is 0 Å². The van der Waals surface area contributed by atoms with Gasteiger partial charge >= 0.3 is 0 Å². The van der Waals surface area contributed by atoms with Crippen molar-refractivity contribution in [2.45, 2.75) is 31.7 Å². The van der Waals surface area contributed by atoms with E-state index in [-0.39, 0.29) is 6.04 Å². The highest BCUT2D eigenvalue weighted by atomic mass is 16.1. The number of likely N-dealkylation sites (tertiary alicyclic amines) is 1. The molecule has 1 atom stereocenters. The van der Waals surface area contributed by atoms with E-state index in [2.05, 4.69) is 17.2 Å². The Morgan fingerprint density at radius 3 is 2.62 bits per heavy atom. The number of rotatable bonds is 4. The molecule has 1 saturated heterocycles. The van der Waals surface area contributed by atoms with E-state index in [4.69, 9.17) is 0 Å². The summed E-state index contributed by atoms with van der Waals surface area (Å²) in [4.78, 5) is 12.8. The maximum atomic E-state index is 10.4. The fourth-order valence-electron chi connectivity index (χ4n) is 1.81. The first kappa shape index (κ1) is 10.2. The van der Waals surface area contributed by atoms with Crippen LogP contribution < -0.4 is 0 Å². The predicted molar refractivity (Wildman–Crippen MR) is 53.6 cm³/mol. The summed E-state index contributed by atoms with van der Waals surface area (Å²) < 4.78 is 0. The number of nitrogens with zero attached hydrogens (tertiary/aromatic N) is 1. The van der Waals surface area contributed by atoms with E-state index >= 15 is 0 Å². The second-order valence-corrected chi connectivity index (χ2v) is 3.44. The van der Waals surface area contributed by atoms with Gasteiger partial charge in [-0.25, -0.2) is 0 Å². The molecule has 1 aliphatic rings. The summed E-state index contributed by atoms with van der Waals surface area (Å²) in [6.07, 6.45) is 7.28. The quantitative estimate of drug-likeness (QED) is 0.484. The van der Waals surface area contributed by atoms with Crippen LogP contribution >= 0.6 is 0 Å². The molecular weight excluding hydrogens is 162 g/mol. The summed E-state index contributed by atoms with van der Waals surface area (Å²) in [7, 11) is 0. The first-order chi connectivity index (χ1) is 6.38. The molecule has 1 fully saturated rings. The number of piperidine rings is 1.